The van der Waals surface area contributed by atoms with Crippen molar-refractivity contribution in [3.05, 3.63) is 35.9 Å². The van der Waals surface area contributed by atoms with Crippen LogP contribution in [0.5, 0.6) is 0 Å². The molecule has 0 aliphatic carbocycles. The van der Waals surface area contributed by atoms with Crippen molar-refractivity contribution in [1.29, 1.82) is 0 Å². The van der Waals surface area contributed by atoms with Gasteiger partial charge in [0, 0.05) is 0 Å². The van der Waals surface area contributed by atoms with Crippen molar-refractivity contribution in [2.45, 2.75) is 62.0 Å². The van der Waals surface area contributed by atoms with Gasteiger partial charge >= 0.3 is 5.97 Å². The lowest BCUT2D eigenvalue weighted by molar-refractivity contribution is -0.311. The van der Waals surface area contributed by atoms with Crippen molar-refractivity contribution < 1.29 is 49.3 Å². The maximum absolute atomic E-state index is 12.4. The van der Waals surface area contributed by atoms with Crippen LogP contribution in [0.15, 0.2) is 30.3 Å². The number of carbonyl (C=O) groups excluding carboxylic acids is 1. The molecule has 166 valence electrons. The monoisotopic (exact) mass is 427 g/mol. The maximum atomic E-state index is 12.4. The van der Waals surface area contributed by atoms with Crippen molar-refractivity contribution >= 4 is 11.9 Å². The van der Waals surface area contributed by atoms with Crippen LogP contribution in [0, 0.1) is 0 Å². The minimum Gasteiger partial charge on any atom is -0.479 e. The van der Waals surface area contributed by atoms with Gasteiger partial charge in [-0.2, -0.15) is 0 Å². The molecule has 0 aromatic heterocycles. The Hall–Kier alpha value is -2.12. The fourth-order valence-electron chi connectivity index (χ4n) is 3.50. The number of nitrogens with one attached hydrogen (secondary N) is 1. The van der Waals surface area contributed by atoms with Crippen LogP contribution in [0.4, 0.5) is 0 Å². The molecule has 3 rings (SSSR count). The second-order valence-electron chi connectivity index (χ2n) is 7.27. The average molecular weight is 427 g/mol. The van der Waals surface area contributed by atoms with Crippen LogP contribution >= 0.6 is 0 Å². The van der Waals surface area contributed by atoms with Crippen molar-refractivity contribution in [1.82, 2.24) is 5.32 Å². The summed E-state index contributed by atoms with van der Waals surface area (Å²) >= 11 is 0. The highest BCUT2D eigenvalue weighted by atomic mass is 16.7. The van der Waals surface area contributed by atoms with Crippen molar-refractivity contribution in [2.75, 3.05) is 6.61 Å². The van der Waals surface area contributed by atoms with E-state index in [0.717, 1.165) is 0 Å². The van der Waals surface area contributed by atoms with E-state index < -0.39 is 73.5 Å². The maximum Gasteiger partial charge on any atom is 0.337 e. The first-order valence-corrected chi connectivity index (χ1v) is 9.44. The van der Waals surface area contributed by atoms with Crippen LogP contribution in [0.25, 0.3) is 0 Å². The number of hydrogen-bond donors (Lipinski definition) is 6. The van der Waals surface area contributed by atoms with E-state index in [0.29, 0.717) is 5.56 Å². The predicted octanol–water partition coefficient (Wildman–Crippen LogP) is -2.10. The highest BCUT2D eigenvalue weighted by Gasteiger charge is 2.50. The number of carboxylic acids is 1. The van der Waals surface area contributed by atoms with Crippen LogP contribution < -0.4 is 5.32 Å². The van der Waals surface area contributed by atoms with Gasteiger partial charge in [0.15, 0.2) is 18.5 Å². The minimum absolute atomic E-state index is 0.296. The van der Waals surface area contributed by atoms with Gasteiger partial charge < -0.3 is 45.1 Å². The summed E-state index contributed by atoms with van der Waals surface area (Å²) in [5, 5.41) is 51.6. The van der Waals surface area contributed by atoms with Gasteiger partial charge in [-0.15, -0.1) is 0 Å². The molecule has 0 saturated carbocycles. The molecule has 1 unspecified atom stereocenters. The number of hydrogen-bond acceptors (Lipinski definition) is 9. The molecule has 2 fully saturated rings. The zero-order valence-electron chi connectivity index (χ0n) is 16.1. The van der Waals surface area contributed by atoms with E-state index in [1.165, 1.54) is 19.1 Å². The number of rotatable bonds is 7. The van der Waals surface area contributed by atoms with E-state index in [4.69, 9.17) is 14.2 Å². The number of carbonyl (C=O) groups is 2. The van der Waals surface area contributed by atoms with Crippen LogP contribution in [0.3, 0.4) is 0 Å². The van der Waals surface area contributed by atoms with Gasteiger partial charge in [-0.25, -0.2) is 4.79 Å². The number of aliphatic hydroxyl groups is 4. The fourth-order valence-corrected chi connectivity index (χ4v) is 3.50. The zero-order valence-corrected chi connectivity index (χ0v) is 16.1. The molecule has 11 heteroatoms. The third-order valence-corrected chi connectivity index (χ3v) is 5.19. The van der Waals surface area contributed by atoms with E-state index in [2.05, 4.69) is 5.32 Å². The third kappa shape index (κ3) is 4.47. The molecule has 9 atom stereocenters. The Bertz CT molecular complexity index is 746. The van der Waals surface area contributed by atoms with E-state index in [-0.39, 0.29) is 0 Å². The first-order chi connectivity index (χ1) is 14.2. The third-order valence-electron chi connectivity index (χ3n) is 5.19. The second kappa shape index (κ2) is 9.35. The summed E-state index contributed by atoms with van der Waals surface area (Å²) in [6.07, 6.45) is -11.1. The highest BCUT2D eigenvalue weighted by molar-refractivity contribution is 5.85. The molecule has 11 nitrogen and oxygen atoms in total. The number of aliphatic hydroxyl groups excluding tert-OH is 4. The Morgan fingerprint density at radius 1 is 1.17 bits per heavy atom. The van der Waals surface area contributed by atoms with Crippen molar-refractivity contribution in [2.24, 2.45) is 0 Å². The number of aliphatic carboxylic acids is 1. The zero-order chi connectivity index (χ0) is 22.0. The molecule has 2 heterocycles. The summed E-state index contributed by atoms with van der Waals surface area (Å²) in [7, 11) is 0. The first kappa shape index (κ1) is 22.6. The molecular weight excluding hydrogens is 402 g/mol. The largest absolute Gasteiger partial charge is 0.479 e. The Morgan fingerprint density at radius 2 is 1.83 bits per heavy atom. The first-order valence-electron chi connectivity index (χ1n) is 9.44. The number of benzene rings is 1. The summed E-state index contributed by atoms with van der Waals surface area (Å²) in [5.74, 6) is -2.04. The summed E-state index contributed by atoms with van der Waals surface area (Å²) in [6.45, 7) is 0.907. The smallest absolute Gasteiger partial charge is 0.337 e. The highest BCUT2D eigenvalue weighted by Crippen LogP contribution is 2.29. The lowest BCUT2D eigenvalue weighted by atomic mass is 10.00. The SMILES string of the molecule is C[C@@H]1O[C@@H](O[C@H]2[C@@H](CO)NC(=O)[C@@H]2OC(C(=O)O)c2ccccc2)[C@@H](O)[C@H](O)[C@@H]1O. The van der Waals surface area contributed by atoms with Crippen LogP contribution in [-0.4, -0.2) is 93.0 Å². The van der Waals surface area contributed by atoms with Crippen LogP contribution in [0.1, 0.15) is 18.6 Å². The number of ether oxygens (including phenoxy) is 3. The molecule has 1 aromatic carbocycles. The average Bonchev–Trinajstić information content (AvgIpc) is 3.03. The van der Waals surface area contributed by atoms with Crippen LogP contribution in [-0.2, 0) is 23.8 Å². The summed E-state index contributed by atoms with van der Waals surface area (Å²) in [6, 6.07) is 7.02. The number of amides is 1. The molecule has 30 heavy (non-hydrogen) atoms. The minimum atomic E-state index is -1.64. The van der Waals surface area contributed by atoms with Crippen LogP contribution in [0.2, 0.25) is 0 Å². The molecule has 6 N–H and O–H groups in total. The molecule has 0 spiro atoms. The molecular formula is C19H25NO10. The Labute approximate surface area is 171 Å². The molecule has 1 aromatic rings. The van der Waals surface area contributed by atoms with Gasteiger partial charge in [-0.1, -0.05) is 30.3 Å². The predicted molar refractivity (Wildman–Crippen MR) is 97.9 cm³/mol. The molecule has 0 bridgehead atoms. The van der Waals surface area contributed by atoms with Gasteiger partial charge in [0.05, 0.1) is 18.8 Å². The molecule has 2 aliphatic rings. The lowest BCUT2D eigenvalue weighted by Gasteiger charge is -2.40. The summed E-state index contributed by atoms with van der Waals surface area (Å²) in [5.41, 5.74) is 0.296. The Kier molecular flexibility index (Phi) is 7.03. The van der Waals surface area contributed by atoms with E-state index in [1.807, 2.05) is 0 Å². The molecule has 2 saturated heterocycles. The van der Waals surface area contributed by atoms with E-state index in [1.54, 1.807) is 18.2 Å². The van der Waals surface area contributed by atoms with Crippen molar-refractivity contribution in [3.8, 4) is 0 Å². The quantitative estimate of drug-likeness (QED) is 0.283. The number of carboxylic acid groups (broad SMARTS) is 1. The lowest BCUT2D eigenvalue weighted by Crippen LogP contribution is -2.59. The Balaban J connectivity index is 1.82. The molecule has 0 radical (unpaired) electrons. The van der Waals surface area contributed by atoms with Gasteiger partial charge in [0.2, 0.25) is 0 Å². The van der Waals surface area contributed by atoms with E-state index >= 15 is 0 Å². The molecule has 1 amide bonds. The van der Waals surface area contributed by atoms with Gasteiger partial charge in [-0.3, -0.25) is 4.79 Å². The summed E-state index contributed by atoms with van der Waals surface area (Å²) in [4.78, 5) is 24.2. The summed E-state index contributed by atoms with van der Waals surface area (Å²) < 4.78 is 16.6. The van der Waals surface area contributed by atoms with Gasteiger partial charge in [0.25, 0.3) is 5.91 Å². The topological polar surface area (TPSA) is 175 Å². The second-order valence-corrected chi connectivity index (χ2v) is 7.27. The standard InChI is InChI=1S/C19H25NO10/c1-8-11(22)12(23)13(24)19(28-8)30-15-10(7-21)20-17(25)16(15)29-14(18(26)27)9-5-3-2-4-6-9/h2-6,8,10-16,19,21-24H,7H2,1H3,(H,20,25)(H,26,27)/t8-,10+,11+,12+,13-,14?,15-,16+,19-/m0/s1. The van der Waals surface area contributed by atoms with E-state index in [9.17, 15) is 35.1 Å². The Morgan fingerprint density at radius 3 is 2.43 bits per heavy atom. The normalized spacial score (nSPS) is 37.6. The fraction of sp³-hybridized carbons (Fsp3) is 0.579. The van der Waals surface area contributed by atoms with Crippen molar-refractivity contribution in [3.63, 3.8) is 0 Å². The van der Waals surface area contributed by atoms with Gasteiger partial charge in [0.1, 0.15) is 24.4 Å². The molecule has 2 aliphatic heterocycles. The van der Waals surface area contributed by atoms with Gasteiger partial charge in [-0.05, 0) is 12.5 Å².